The van der Waals surface area contributed by atoms with Gasteiger partial charge in [0, 0.05) is 5.33 Å². The van der Waals surface area contributed by atoms with Crippen LogP contribution in [0.2, 0.25) is 0 Å². The zero-order valence-electron chi connectivity index (χ0n) is 8.23. The highest BCUT2D eigenvalue weighted by Crippen LogP contribution is 2.27. The Hall–Kier alpha value is -0.440. The molecule has 0 saturated carbocycles. The molecular weight excluding hydrogens is 250 g/mol. The lowest BCUT2D eigenvalue weighted by atomic mass is 9.90. The van der Waals surface area contributed by atoms with E-state index in [2.05, 4.69) is 15.9 Å². The van der Waals surface area contributed by atoms with Crippen LogP contribution >= 0.6 is 15.9 Å². The molecule has 0 nitrogen and oxygen atoms in total. The monoisotopic (exact) mass is 262 g/mol. The van der Waals surface area contributed by atoms with E-state index >= 15 is 0 Å². The van der Waals surface area contributed by atoms with Gasteiger partial charge in [0.25, 0.3) is 0 Å². The lowest BCUT2D eigenvalue weighted by molar-refractivity contribution is 0.502. The largest absolute Gasteiger partial charge is 0.207 e. The molecule has 3 heteroatoms. The first-order chi connectivity index (χ1) is 6.56. The molecular formula is C11H13BrF2. The second-order valence-electron chi connectivity index (χ2n) is 3.59. The third kappa shape index (κ3) is 2.53. The van der Waals surface area contributed by atoms with Crippen LogP contribution in [0, 0.1) is 17.6 Å². The summed E-state index contributed by atoms with van der Waals surface area (Å²) in [6.07, 6.45) is 0. The van der Waals surface area contributed by atoms with Crippen LogP contribution in [0.1, 0.15) is 25.3 Å². The van der Waals surface area contributed by atoms with Crippen LogP contribution < -0.4 is 0 Å². The van der Waals surface area contributed by atoms with Crippen LogP contribution in [0.25, 0.3) is 0 Å². The van der Waals surface area contributed by atoms with Gasteiger partial charge in [0.15, 0.2) is 0 Å². The van der Waals surface area contributed by atoms with Gasteiger partial charge in [0.1, 0.15) is 11.6 Å². The summed E-state index contributed by atoms with van der Waals surface area (Å²) in [6, 6.07) is 3.60. The Bertz CT molecular complexity index is 312. The highest BCUT2D eigenvalue weighted by atomic mass is 79.9. The molecule has 0 saturated heterocycles. The number of hydrogen-bond donors (Lipinski definition) is 0. The summed E-state index contributed by atoms with van der Waals surface area (Å²) >= 11 is 3.34. The third-order valence-corrected chi connectivity index (χ3v) is 3.57. The predicted octanol–water partition coefficient (Wildman–Crippen LogP) is 4.10. The van der Waals surface area contributed by atoms with Crippen molar-refractivity contribution in [1.82, 2.24) is 0 Å². The average molecular weight is 263 g/mol. The summed E-state index contributed by atoms with van der Waals surface area (Å²) in [5.41, 5.74) is 0.456. The summed E-state index contributed by atoms with van der Waals surface area (Å²) in [7, 11) is 0. The summed E-state index contributed by atoms with van der Waals surface area (Å²) in [4.78, 5) is 0. The molecule has 0 fully saturated rings. The van der Waals surface area contributed by atoms with Gasteiger partial charge in [-0.2, -0.15) is 0 Å². The topological polar surface area (TPSA) is 0 Å². The van der Waals surface area contributed by atoms with Crippen molar-refractivity contribution < 1.29 is 8.78 Å². The first-order valence-electron chi connectivity index (χ1n) is 4.57. The van der Waals surface area contributed by atoms with Crippen molar-refractivity contribution in [3.63, 3.8) is 0 Å². The van der Waals surface area contributed by atoms with E-state index in [1.165, 1.54) is 12.1 Å². The van der Waals surface area contributed by atoms with Crippen molar-refractivity contribution in [1.29, 1.82) is 0 Å². The molecule has 14 heavy (non-hydrogen) atoms. The maximum Gasteiger partial charge on any atom is 0.126 e. The Morgan fingerprint density at radius 3 is 2.50 bits per heavy atom. The van der Waals surface area contributed by atoms with Gasteiger partial charge in [-0.05, 0) is 35.6 Å². The van der Waals surface area contributed by atoms with E-state index in [4.69, 9.17) is 0 Å². The fraction of sp³-hybridized carbons (Fsp3) is 0.455. The molecule has 1 aromatic carbocycles. The summed E-state index contributed by atoms with van der Waals surface area (Å²) in [5, 5.41) is 0.782. The molecule has 0 aliphatic rings. The highest BCUT2D eigenvalue weighted by Gasteiger charge is 2.17. The van der Waals surface area contributed by atoms with Crippen molar-refractivity contribution in [2.75, 3.05) is 5.33 Å². The summed E-state index contributed by atoms with van der Waals surface area (Å²) in [5.74, 6) is -0.405. The number of alkyl halides is 1. The van der Waals surface area contributed by atoms with E-state index in [1.807, 2.05) is 13.8 Å². The molecule has 0 heterocycles. The normalized spacial score (nSPS) is 15.2. The molecule has 0 radical (unpaired) electrons. The second kappa shape index (κ2) is 4.87. The van der Waals surface area contributed by atoms with E-state index in [0.29, 0.717) is 5.56 Å². The summed E-state index contributed by atoms with van der Waals surface area (Å²) in [6.45, 7) is 3.91. The van der Waals surface area contributed by atoms with Gasteiger partial charge in [-0.25, -0.2) is 8.78 Å². The molecule has 0 aromatic heterocycles. The molecule has 2 atom stereocenters. The van der Waals surface area contributed by atoms with Gasteiger partial charge in [0.05, 0.1) is 0 Å². The zero-order chi connectivity index (χ0) is 10.7. The minimum atomic E-state index is -0.380. The van der Waals surface area contributed by atoms with Gasteiger partial charge in [-0.1, -0.05) is 29.8 Å². The molecule has 0 amide bonds. The van der Waals surface area contributed by atoms with E-state index in [-0.39, 0.29) is 23.5 Å². The van der Waals surface area contributed by atoms with Crippen LogP contribution in [-0.2, 0) is 0 Å². The van der Waals surface area contributed by atoms with Crippen molar-refractivity contribution in [2.24, 2.45) is 5.92 Å². The molecule has 0 bridgehead atoms. The van der Waals surface area contributed by atoms with Crippen LogP contribution in [0.4, 0.5) is 8.78 Å². The SMILES string of the molecule is CC(CBr)C(C)c1cc(F)ccc1F. The van der Waals surface area contributed by atoms with Crippen LogP contribution in [0.5, 0.6) is 0 Å². The predicted molar refractivity (Wildman–Crippen MR) is 57.7 cm³/mol. The molecule has 0 aliphatic carbocycles. The van der Waals surface area contributed by atoms with Crippen molar-refractivity contribution >= 4 is 15.9 Å². The Balaban J connectivity index is 2.99. The first kappa shape index (κ1) is 11.6. The first-order valence-corrected chi connectivity index (χ1v) is 5.69. The minimum absolute atomic E-state index is 0.0186. The average Bonchev–Trinajstić information content (AvgIpc) is 2.19. The highest BCUT2D eigenvalue weighted by molar-refractivity contribution is 9.09. The third-order valence-electron chi connectivity index (χ3n) is 2.55. The van der Waals surface area contributed by atoms with Gasteiger partial charge in [0.2, 0.25) is 0 Å². The van der Waals surface area contributed by atoms with Crippen molar-refractivity contribution in [3.8, 4) is 0 Å². The number of benzene rings is 1. The van der Waals surface area contributed by atoms with Crippen molar-refractivity contribution in [3.05, 3.63) is 35.4 Å². The van der Waals surface area contributed by atoms with Crippen LogP contribution in [0.3, 0.4) is 0 Å². The van der Waals surface area contributed by atoms with E-state index in [9.17, 15) is 8.78 Å². The maximum absolute atomic E-state index is 13.3. The molecule has 0 N–H and O–H groups in total. The molecule has 78 valence electrons. The number of halogens is 3. The second-order valence-corrected chi connectivity index (χ2v) is 4.23. The molecule has 0 aliphatic heterocycles. The van der Waals surface area contributed by atoms with E-state index < -0.39 is 0 Å². The van der Waals surface area contributed by atoms with Crippen molar-refractivity contribution in [2.45, 2.75) is 19.8 Å². The van der Waals surface area contributed by atoms with Crippen LogP contribution in [0.15, 0.2) is 18.2 Å². The Morgan fingerprint density at radius 1 is 1.29 bits per heavy atom. The van der Waals surface area contributed by atoms with Gasteiger partial charge >= 0.3 is 0 Å². The standard InChI is InChI=1S/C11H13BrF2/c1-7(6-12)8(2)10-5-9(13)3-4-11(10)14/h3-5,7-8H,6H2,1-2H3. The van der Waals surface area contributed by atoms with Gasteiger partial charge < -0.3 is 0 Å². The lowest BCUT2D eigenvalue weighted by Crippen LogP contribution is -2.09. The summed E-state index contributed by atoms with van der Waals surface area (Å²) < 4.78 is 26.2. The Morgan fingerprint density at radius 2 is 1.93 bits per heavy atom. The molecule has 0 spiro atoms. The van der Waals surface area contributed by atoms with E-state index in [0.717, 1.165) is 11.4 Å². The lowest BCUT2D eigenvalue weighted by Gasteiger charge is -2.18. The van der Waals surface area contributed by atoms with Crippen LogP contribution in [-0.4, -0.2) is 5.33 Å². The fourth-order valence-electron chi connectivity index (χ4n) is 1.30. The van der Waals surface area contributed by atoms with E-state index in [1.54, 1.807) is 0 Å². The molecule has 2 unspecified atom stereocenters. The Kier molecular flexibility index (Phi) is 4.05. The molecule has 1 aromatic rings. The zero-order valence-corrected chi connectivity index (χ0v) is 9.81. The molecule has 1 rings (SSSR count). The van der Waals surface area contributed by atoms with Gasteiger partial charge in [-0.3, -0.25) is 0 Å². The van der Waals surface area contributed by atoms with Gasteiger partial charge in [-0.15, -0.1) is 0 Å². The smallest absolute Gasteiger partial charge is 0.126 e. The Labute approximate surface area is 91.5 Å². The maximum atomic E-state index is 13.3. The minimum Gasteiger partial charge on any atom is -0.207 e. The quantitative estimate of drug-likeness (QED) is 0.720. The fourth-order valence-corrected chi connectivity index (χ4v) is 1.86. The number of hydrogen-bond acceptors (Lipinski definition) is 0. The number of rotatable bonds is 3.